The molecule has 4 rings (SSSR count). The summed E-state index contributed by atoms with van der Waals surface area (Å²) in [5.74, 6) is 0.487. The molecule has 0 saturated heterocycles. The van der Waals surface area contributed by atoms with Crippen molar-refractivity contribution in [2.24, 2.45) is 5.73 Å². The maximum atomic E-state index is 13.5. The maximum absolute atomic E-state index is 13.5. The lowest BCUT2D eigenvalue weighted by Gasteiger charge is -2.39. The Kier molecular flexibility index (Phi) is 5.48. The van der Waals surface area contributed by atoms with E-state index in [4.69, 9.17) is 5.73 Å². The van der Waals surface area contributed by atoms with Crippen LogP contribution >= 0.6 is 23.1 Å². The zero-order chi connectivity index (χ0) is 20.5. The van der Waals surface area contributed by atoms with Crippen LogP contribution in [0.5, 0.6) is 0 Å². The van der Waals surface area contributed by atoms with Crippen LogP contribution in [0.3, 0.4) is 0 Å². The highest BCUT2D eigenvalue weighted by Gasteiger charge is 2.41. The summed E-state index contributed by atoms with van der Waals surface area (Å²) in [6.07, 6.45) is 1.89. The van der Waals surface area contributed by atoms with Gasteiger partial charge in [0.25, 0.3) is 0 Å². The highest BCUT2D eigenvalue weighted by molar-refractivity contribution is 8.01. The predicted octanol–water partition coefficient (Wildman–Crippen LogP) is 5.30. The molecule has 0 fully saturated rings. The van der Waals surface area contributed by atoms with Crippen molar-refractivity contribution in [1.82, 2.24) is 0 Å². The Bertz CT molecular complexity index is 1060. The van der Waals surface area contributed by atoms with Gasteiger partial charge < -0.3 is 5.73 Å². The standard InChI is InChI=1S/C22H20FN3OS2/c1-2-28-22-15(10-11-29-22)19-16(12-24)21(25)26(14-8-6-13(23)7-9-14)17-4-3-5-18(27)20(17)19/h6-11,19H,2-5,25H2,1H3/t19-/m0/s1. The summed E-state index contributed by atoms with van der Waals surface area (Å²) >= 11 is 3.33. The van der Waals surface area contributed by atoms with Crippen molar-refractivity contribution >= 4 is 34.6 Å². The van der Waals surface area contributed by atoms with E-state index in [1.54, 1.807) is 40.1 Å². The SMILES string of the molecule is CCSc1sccc1[C@H]1C(C#N)=C(N)N(c2ccc(F)cc2)C2=C1C(=O)CCC2. The highest BCUT2D eigenvalue weighted by atomic mass is 32.2. The fraction of sp³-hybridized carbons (Fsp3) is 0.273. The Labute approximate surface area is 177 Å². The zero-order valence-corrected chi connectivity index (χ0v) is 17.6. The number of halogens is 1. The number of hydrogen-bond acceptors (Lipinski definition) is 6. The second kappa shape index (κ2) is 8.05. The van der Waals surface area contributed by atoms with Crippen LogP contribution in [0.2, 0.25) is 0 Å². The molecule has 7 heteroatoms. The summed E-state index contributed by atoms with van der Waals surface area (Å²) in [6, 6.07) is 10.3. The molecule has 0 unspecified atom stereocenters. The van der Waals surface area contributed by atoms with Crippen LogP contribution in [-0.2, 0) is 4.79 Å². The summed E-state index contributed by atoms with van der Waals surface area (Å²) < 4.78 is 14.6. The first kappa shape index (κ1) is 19.7. The molecule has 1 aliphatic carbocycles. The Morgan fingerprint density at radius 2 is 2.07 bits per heavy atom. The number of ketones is 1. The Morgan fingerprint density at radius 3 is 2.76 bits per heavy atom. The first-order valence-electron chi connectivity index (χ1n) is 9.48. The Hall–Kier alpha value is -2.56. The lowest BCUT2D eigenvalue weighted by atomic mass is 9.76. The summed E-state index contributed by atoms with van der Waals surface area (Å²) in [5.41, 5.74) is 10.0. The zero-order valence-electron chi connectivity index (χ0n) is 15.9. The molecule has 1 aliphatic heterocycles. The normalized spacial score (nSPS) is 19.4. The van der Waals surface area contributed by atoms with Gasteiger partial charge in [-0.1, -0.05) is 6.92 Å². The molecular weight excluding hydrogens is 405 g/mol. The molecule has 29 heavy (non-hydrogen) atoms. The molecule has 1 aromatic carbocycles. The van der Waals surface area contributed by atoms with Crippen LogP contribution in [-0.4, -0.2) is 11.5 Å². The van der Waals surface area contributed by atoms with Gasteiger partial charge in [-0.15, -0.1) is 23.1 Å². The fourth-order valence-corrected chi connectivity index (χ4v) is 6.12. The number of Topliss-reactive ketones (excluding diaryl/α,β-unsaturated/α-hetero) is 1. The number of carbonyl (C=O) groups is 1. The number of nitrogens with two attached hydrogens (primary N) is 1. The van der Waals surface area contributed by atoms with Gasteiger partial charge in [0.2, 0.25) is 0 Å². The van der Waals surface area contributed by atoms with Crippen molar-refractivity contribution in [3.05, 3.63) is 69.8 Å². The van der Waals surface area contributed by atoms with E-state index in [1.807, 2.05) is 11.4 Å². The quantitative estimate of drug-likeness (QED) is 0.673. The van der Waals surface area contributed by atoms with Crippen LogP contribution in [0.1, 0.15) is 37.7 Å². The average molecular weight is 426 g/mol. The van der Waals surface area contributed by atoms with Crippen molar-refractivity contribution in [3.63, 3.8) is 0 Å². The van der Waals surface area contributed by atoms with Gasteiger partial charge in [0.15, 0.2) is 5.78 Å². The van der Waals surface area contributed by atoms with E-state index >= 15 is 0 Å². The van der Waals surface area contributed by atoms with Crippen molar-refractivity contribution in [3.8, 4) is 6.07 Å². The summed E-state index contributed by atoms with van der Waals surface area (Å²) in [6.45, 7) is 2.08. The number of hydrogen-bond donors (Lipinski definition) is 1. The molecular formula is C22H20FN3OS2. The van der Waals surface area contributed by atoms with Gasteiger partial charge in [-0.2, -0.15) is 5.26 Å². The number of anilines is 1. The topological polar surface area (TPSA) is 70.1 Å². The minimum atomic E-state index is -0.445. The second-order valence-electron chi connectivity index (χ2n) is 6.89. The predicted molar refractivity (Wildman–Crippen MR) is 115 cm³/mol. The molecule has 0 saturated carbocycles. The average Bonchev–Trinajstić information content (AvgIpc) is 3.16. The molecule has 2 N–H and O–H groups in total. The minimum absolute atomic E-state index is 0.0576. The van der Waals surface area contributed by atoms with Gasteiger partial charge in [-0.3, -0.25) is 9.69 Å². The first-order valence-corrected chi connectivity index (χ1v) is 11.3. The number of benzene rings is 1. The molecule has 0 bridgehead atoms. The molecule has 1 aromatic heterocycles. The Balaban J connectivity index is 1.94. The second-order valence-corrected chi connectivity index (χ2v) is 9.34. The third-order valence-electron chi connectivity index (χ3n) is 5.24. The number of thiophene rings is 1. The largest absolute Gasteiger partial charge is 0.384 e. The van der Waals surface area contributed by atoms with Crippen LogP contribution < -0.4 is 10.6 Å². The van der Waals surface area contributed by atoms with E-state index in [2.05, 4.69) is 13.0 Å². The van der Waals surface area contributed by atoms with E-state index in [1.165, 1.54) is 12.1 Å². The van der Waals surface area contributed by atoms with Crippen LogP contribution in [0, 0.1) is 17.1 Å². The summed E-state index contributed by atoms with van der Waals surface area (Å²) in [4.78, 5) is 14.8. The van der Waals surface area contributed by atoms with Gasteiger partial charge in [0.1, 0.15) is 11.6 Å². The third-order valence-corrected chi connectivity index (χ3v) is 7.39. The molecule has 4 nitrogen and oxygen atoms in total. The van der Waals surface area contributed by atoms with E-state index in [-0.39, 0.29) is 11.6 Å². The molecule has 148 valence electrons. The van der Waals surface area contributed by atoms with Gasteiger partial charge in [0, 0.05) is 23.4 Å². The smallest absolute Gasteiger partial charge is 0.161 e. The number of nitriles is 1. The van der Waals surface area contributed by atoms with Gasteiger partial charge in [-0.25, -0.2) is 4.39 Å². The van der Waals surface area contributed by atoms with Crippen molar-refractivity contribution in [2.45, 2.75) is 36.3 Å². The fourth-order valence-electron chi connectivity index (χ4n) is 4.05. The van der Waals surface area contributed by atoms with E-state index < -0.39 is 5.92 Å². The molecule has 2 aromatic rings. The Morgan fingerprint density at radius 1 is 1.31 bits per heavy atom. The van der Waals surface area contributed by atoms with Gasteiger partial charge in [-0.05, 0) is 59.9 Å². The van der Waals surface area contributed by atoms with Gasteiger partial charge >= 0.3 is 0 Å². The molecule has 1 atom stereocenters. The number of allylic oxidation sites excluding steroid dienone is 3. The van der Waals surface area contributed by atoms with Gasteiger partial charge in [0.05, 0.1) is 21.8 Å². The third kappa shape index (κ3) is 3.37. The summed E-state index contributed by atoms with van der Waals surface area (Å²) in [7, 11) is 0. The van der Waals surface area contributed by atoms with Crippen molar-refractivity contribution in [2.75, 3.05) is 10.7 Å². The summed E-state index contributed by atoms with van der Waals surface area (Å²) in [5, 5.41) is 12.0. The van der Waals surface area contributed by atoms with E-state index in [9.17, 15) is 14.4 Å². The van der Waals surface area contributed by atoms with Crippen LogP contribution in [0.15, 0.2) is 62.6 Å². The lowest BCUT2D eigenvalue weighted by Crippen LogP contribution is -2.38. The first-order chi connectivity index (χ1) is 14.1. The molecule has 0 radical (unpaired) electrons. The highest BCUT2D eigenvalue weighted by Crippen LogP contribution is 2.49. The van der Waals surface area contributed by atoms with Crippen LogP contribution in [0.25, 0.3) is 0 Å². The molecule has 0 spiro atoms. The number of thioether (sulfide) groups is 1. The lowest BCUT2D eigenvalue weighted by molar-refractivity contribution is -0.116. The monoisotopic (exact) mass is 425 g/mol. The van der Waals surface area contributed by atoms with E-state index in [0.29, 0.717) is 35.5 Å². The minimum Gasteiger partial charge on any atom is -0.384 e. The molecule has 0 amide bonds. The van der Waals surface area contributed by atoms with Crippen LogP contribution in [0.4, 0.5) is 10.1 Å². The number of rotatable bonds is 4. The van der Waals surface area contributed by atoms with Crippen molar-refractivity contribution < 1.29 is 9.18 Å². The number of nitrogens with zero attached hydrogens (tertiary/aromatic N) is 2. The van der Waals surface area contributed by atoms with Crippen molar-refractivity contribution in [1.29, 1.82) is 5.26 Å². The number of carbonyl (C=O) groups excluding carboxylic acids is 1. The molecule has 2 aliphatic rings. The maximum Gasteiger partial charge on any atom is 0.161 e. The molecule has 2 heterocycles. The van der Waals surface area contributed by atoms with E-state index in [0.717, 1.165) is 27.6 Å².